The number of rotatable bonds is 5. The lowest BCUT2D eigenvalue weighted by Gasteiger charge is -2.28. The van der Waals surface area contributed by atoms with Gasteiger partial charge in [0, 0.05) is 28.7 Å². The van der Waals surface area contributed by atoms with Gasteiger partial charge in [0.25, 0.3) is 0 Å². The molecule has 114 valence electrons. The first-order chi connectivity index (χ1) is 10.1. The van der Waals surface area contributed by atoms with Crippen molar-refractivity contribution in [3.8, 4) is 0 Å². The van der Waals surface area contributed by atoms with Crippen LogP contribution >= 0.6 is 0 Å². The van der Waals surface area contributed by atoms with Gasteiger partial charge in [-0.1, -0.05) is 18.2 Å². The van der Waals surface area contributed by atoms with Crippen molar-refractivity contribution in [3.63, 3.8) is 0 Å². The van der Waals surface area contributed by atoms with E-state index >= 15 is 0 Å². The third-order valence-corrected chi connectivity index (χ3v) is 4.61. The van der Waals surface area contributed by atoms with E-state index in [1.54, 1.807) is 0 Å². The predicted octanol–water partition coefficient (Wildman–Crippen LogP) is 3.48. The normalized spacial score (nSPS) is 19.9. The Hall–Kier alpha value is -1.32. The fourth-order valence-electron chi connectivity index (χ4n) is 3.46. The summed E-state index contributed by atoms with van der Waals surface area (Å²) in [6.45, 7) is 3.45. The summed E-state index contributed by atoms with van der Waals surface area (Å²) in [6.07, 6.45) is 4.93. The molecule has 2 N–H and O–H groups in total. The van der Waals surface area contributed by atoms with E-state index in [2.05, 4.69) is 60.5 Å². The van der Waals surface area contributed by atoms with Gasteiger partial charge in [-0.2, -0.15) is 0 Å². The molecule has 1 aliphatic carbocycles. The topological polar surface area (TPSA) is 31.1 Å². The Bertz CT molecular complexity index is 600. The first kappa shape index (κ1) is 14.6. The third kappa shape index (κ3) is 3.14. The maximum atomic E-state index is 3.83. The van der Waals surface area contributed by atoms with Crippen LogP contribution in [0.25, 0.3) is 10.9 Å². The molecule has 0 saturated carbocycles. The minimum atomic E-state index is 0.485. The van der Waals surface area contributed by atoms with Crippen molar-refractivity contribution < 1.29 is 0 Å². The van der Waals surface area contributed by atoms with Crippen LogP contribution in [0.4, 0.5) is 0 Å². The molecule has 0 saturated heterocycles. The van der Waals surface area contributed by atoms with Gasteiger partial charge in [-0.3, -0.25) is 0 Å². The fourth-order valence-corrected chi connectivity index (χ4v) is 3.46. The average Bonchev–Trinajstić information content (AvgIpc) is 2.85. The van der Waals surface area contributed by atoms with Crippen LogP contribution in [0.3, 0.4) is 0 Å². The molecule has 0 fully saturated rings. The summed E-state index contributed by atoms with van der Waals surface area (Å²) in [5.74, 6) is 0. The van der Waals surface area contributed by atoms with E-state index in [1.807, 2.05) is 0 Å². The van der Waals surface area contributed by atoms with Crippen LogP contribution in [0.1, 0.15) is 43.5 Å². The van der Waals surface area contributed by atoms with Crippen LogP contribution in [-0.4, -0.2) is 36.6 Å². The number of nitrogens with zero attached hydrogens (tertiary/aromatic N) is 1. The Labute approximate surface area is 127 Å². The number of H-pyrrole nitrogens is 1. The SMILES string of the molecule is CC(CCN(C)C)NC1CCCc2c1[nH]c1ccccc21. The summed E-state index contributed by atoms with van der Waals surface area (Å²) in [5.41, 5.74) is 4.26. The molecule has 21 heavy (non-hydrogen) atoms. The lowest BCUT2D eigenvalue weighted by molar-refractivity contribution is 0.336. The smallest absolute Gasteiger partial charge is 0.0478 e. The minimum absolute atomic E-state index is 0.485. The Balaban J connectivity index is 1.77. The molecular formula is C18H27N3. The number of aromatic nitrogens is 1. The summed E-state index contributed by atoms with van der Waals surface area (Å²) in [5, 5.41) is 5.25. The molecular weight excluding hydrogens is 258 g/mol. The van der Waals surface area contributed by atoms with E-state index in [9.17, 15) is 0 Å². The maximum Gasteiger partial charge on any atom is 0.0478 e. The molecule has 0 spiro atoms. The molecule has 0 aliphatic heterocycles. The van der Waals surface area contributed by atoms with Crippen LogP contribution in [0.5, 0.6) is 0 Å². The standard InChI is InChI=1S/C18H27N3/c1-13(11-12-21(2)3)19-17-10-6-8-15-14-7-4-5-9-16(14)20-18(15)17/h4-5,7,9,13,17,19-20H,6,8,10-12H2,1-3H3. The molecule has 2 unspecified atom stereocenters. The number of aromatic amines is 1. The van der Waals surface area contributed by atoms with Crippen LogP contribution in [-0.2, 0) is 6.42 Å². The van der Waals surface area contributed by atoms with E-state index in [0.29, 0.717) is 12.1 Å². The van der Waals surface area contributed by atoms with Gasteiger partial charge >= 0.3 is 0 Å². The molecule has 1 heterocycles. The van der Waals surface area contributed by atoms with Crippen molar-refractivity contribution in [3.05, 3.63) is 35.5 Å². The lowest BCUT2D eigenvalue weighted by atomic mass is 9.91. The fraction of sp³-hybridized carbons (Fsp3) is 0.556. The number of nitrogens with one attached hydrogen (secondary N) is 2. The first-order valence-electron chi connectivity index (χ1n) is 8.15. The highest BCUT2D eigenvalue weighted by molar-refractivity contribution is 5.85. The van der Waals surface area contributed by atoms with Gasteiger partial charge in [-0.25, -0.2) is 0 Å². The molecule has 3 rings (SSSR count). The molecule has 1 aliphatic rings. The van der Waals surface area contributed by atoms with Crippen molar-refractivity contribution in [2.75, 3.05) is 20.6 Å². The van der Waals surface area contributed by atoms with Crippen molar-refractivity contribution in [2.24, 2.45) is 0 Å². The summed E-state index contributed by atoms with van der Waals surface area (Å²) in [4.78, 5) is 5.92. The van der Waals surface area contributed by atoms with E-state index < -0.39 is 0 Å². The highest BCUT2D eigenvalue weighted by Crippen LogP contribution is 2.34. The Kier molecular flexibility index (Phi) is 4.32. The number of benzene rings is 1. The monoisotopic (exact) mass is 285 g/mol. The van der Waals surface area contributed by atoms with Crippen molar-refractivity contribution in [2.45, 2.75) is 44.7 Å². The van der Waals surface area contributed by atoms with E-state index in [0.717, 1.165) is 6.54 Å². The molecule has 3 heteroatoms. The van der Waals surface area contributed by atoms with E-state index in [-0.39, 0.29) is 0 Å². The molecule has 0 radical (unpaired) electrons. The van der Waals surface area contributed by atoms with E-state index in [4.69, 9.17) is 0 Å². The number of para-hydroxylation sites is 1. The quantitative estimate of drug-likeness (QED) is 0.881. The zero-order valence-corrected chi connectivity index (χ0v) is 13.4. The second kappa shape index (κ2) is 6.20. The largest absolute Gasteiger partial charge is 0.357 e. The second-order valence-electron chi connectivity index (χ2n) is 6.67. The summed E-state index contributed by atoms with van der Waals surface area (Å²) in [7, 11) is 4.28. The van der Waals surface area contributed by atoms with Gasteiger partial charge in [0.1, 0.15) is 0 Å². The number of fused-ring (bicyclic) bond motifs is 3. The highest BCUT2D eigenvalue weighted by atomic mass is 15.1. The Morgan fingerprint density at radius 2 is 2.14 bits per heavy atom. The number of hydrogen-bond donors (Lipinski definition) is 2. The van der Waals surface area contributed by atoms with Crippen molar-refractivity contribution in [1.29, 1.82) is 0 Å². The maximum absolute atomic E-state index is 3.83. The zero-order chi connectivity index (χ0) is 14.8. The molecule has 2 aromatic rings. The number of aryl methyl sites for hydroxylation is 1. The van der Waals surface area contributed by atoms with Crippen LogP contribution in [0.15, 0.2) is 24.3 Å². The molecule has 1 aromatic carbocycles. The second-order valence-corrected chi connectivity index (χ2v) is 6.67. The van der Waals surface area contributed by atoms with Gasteiger partial charge in [0.05, 0.1) is 0 Å². The Morgan fingerprint density at radius 1 is 1.33 bits per heavy atom. The summed E-state index contributed by atoms with van der Waals surface area (Å²) < 4.78 is 0. The number of hydrogen-bond acceptors (Lipinski definition) is 2. The molecule has 2 atom stereocenters. The van der Waals surface area contributed by atoms with E-state index in [1.165, 1.54) is 47.8 Å². The molecule has 0 bridgehead atoms. The van der Waals surface area contributed by atoms with Crippen LogP contribution < -0.4 is 5.32 Å². The molecule has 0 amide bonds. The Morgan fingerprint density at radius 3 is 2.95 bits per heavy atom. The minimum Gasteiger partial charge on any atom is -0.357 e. The van der Waals surface area contributed by atoms with Gasteiger partial charge in [0.15, 0.2) is 0 Å². The van der Waals surface area contributed by atoms with Gasteiger partial charge in [0.2, 0.25) is 0 Å². The third-order valence-electron chi connectivity index (χ3n) is 4.61. The van der Waals surface area contributed by atoms with Gasteiger partial charge in [-0.05, 0) is 64.9 Å². The molecule has 1 aromatic heterocycles. The van der Waals surface area contributed by atoms with Crippen molar-refractivity contribution >= 4 is 10.9 Å². The highest BCUT2D eigenvalue weighted by Gasteiger charge is 2.24. The predicted molar refractivity (Wildman–Crippen MR) is 89.7 cm³/mol. The first-order valence-corrected chi connectivity index (χ1v) is 8.15. The zero-order valence-electron chi connectivity index (χ0n) is 13.4. The van der Waals surface area contributed by atoms with Crippen LogP contribution in [0, 0.1) is 0 Å². The lowest BCUT2D eigenvalue weighted by Crippen LogP contribution is -2.34. The van der Waals surface area contributed by atoms with Gasteiger partial charge in [-0.15, -0.1) is 0 Å². The molecule has 3 nitrogen and oxygen atoms in total. The van der Waals surface area contributed by atoms with Crippen molar-refractivity contribution in [1.82, 2.24) is 15.2 Å². The van der Waals surface area contributed by atoms with Crippen LogP contribution in [0.2, 0.25) is 0 Å². The summed E-state index contributed by atoms with van der Waals surface area (Å²) in [6, 6.07) is 9.75. The summed E-state index contributed by atoms with van der Waals surface area (Å²) >= 11 is 0. The van der Waals surface area contributed by atoms with Gasteiger partial charge < -0.3 is 15.2 Å². The average molecular weight is 285 g/mol.